The molecule has 2 heterocycles. The molecule has 136 valence electrons. The van der Waals surface area contributed by atoms with Gasteiger partial charge in [0.1, 0.15) is 13.2 Å². The van der Waals surface area contributed by atoms with Crippen molar-refractivity contribution in [2.45, 2.75) is 29.9 Å². The summed E-state index contributed by atoms with van der Waals surface area (Å²) in [6, 6.07) is 10.2. The van der Waals surface area contributed by atoms with Gasteiger partial charge in [0.2, 0.25) is 5.91 Å². The summed E-state index contributed by atoms with van der Waals surface area (Å²) in [7, 11) is 0. The second-order valence-electron chi connectivity index (χ2n) is 6.56. The van der Waals surface area contributed by atoms with Crippen molar-refractivity contribution in [3.8, 4) is 11.5 Å². The molecule has 1 atom stereocenters. The van der Waals surface area contributed by atoms with E-state index in [0.717, 1.165) is 12.0 Å². The first-order chi connectivity index (χ1) is 12.6. The fourth-order valence-electron chi connectivity index (χ4n) is 3.23. The maximum Gasteiger partial charge on any atom is 0.233 e. The van der Waals surface area contributed by atoms with E-state index in [4.69, 9.17) is 21.1 Å². The zero-order valence-corrected chi connectivity index (χ0v) is 16.1. The lowest BCUT2D eigenvalue weighted by molar-refractivity contribution is -0.120. The predicted molar refractivity (Wildman–Crippen MR) is 104 cm³/mol. The Morgan fingerprint density at radius 3 is 3.00 bits per heavy atom. The van der Waals surface area contributed by atoms with Crippen LogP contribution in [0.25, 0.3) is 0 Å². The summed E-state index contributed by atoms with van der Waals surface area (Å²) in [5.74, 6) is 1.39. The maximum absolute atomic E-state index is 12.5. The Morgan fingerprint density at radius 1 is 1.27 bits per heavy atom. The molecule has 6 heteroatoms. The van der Waals surface area contributed by atoms with E-state index in [0.29, 0.717) is 42.7 Å². The number of halogens is 1. The third kappa shape index (κ3) is 3.64. The van der Waals surface area contributed by atoms with E-state index in [2.05, 4.69) is 30.4 Å². The molecule has 4 rings (SSSR count). The molecule has 1 amide bonds. The highest BCUT2D eigenvalue weighted by atomic mass is 35.5. The van der Waals surface area contributed by atoms with Crippen molar-refractivity contribution < 1.29 is 14.3 Å². The summed E-state index contributed by atoms with van der Waals surface area (Å²) in [5.41, 5.74) is 3.52. The molecule has 0 saturated heterocycles. The lowest BCUT2D eigenvalue weighted by Gasteiger charge is -2.20. The van der Waals surface area contributed by atoms with Crippen LogP contribution in [0, 0.1) is 6.92 Å². The minimum Gasteiger partial charge on any atom is -0.486 e. The fraction of sp³-hybridized carbons (Fsp3) is 0.350. The van der Waals surface area contributed by atoms with Crippen LogP contribution in [0.15, 0.2) is 35.2 Å². The van der Waals surface area contributed by atoms with Gasteiger partial charge in [0.25, 0.3) is 0 Å². The van der Waals surface area contributed by atoms with Crippen molar-refractivity contribution in [2.75, 3.05) is 19.8 Å². The minimum absolute atomic E-state index is 0.0457. The largest absolute Gasteiger partial charge is 0.486 e. The van der Waals surface area contributed by atoms with Gasteiger partial charge in [-0.2, -0.15) is 0 Å². The Balaban J connectivity index is 1.33. The summed E-state index contributed by atoms with van der Waals surface area (Å²) in [4.78, 5) is 13.7. The van der Waals surface area contributed by atoms with E-state index in [-0.39, 0.29) is 11.2 Å². The third-order valence-corrected chi connectivity index (χ3v) is 6.14. The Hall–Kier alpha value is -1.85. The first kappa shape index (κ1) is 17.6. The minimum atomic E-state index is -0.0457. The first-order valence-corrected chi connectivity index (χ1v) is 9.98. The summed E-state index contributed by atoms with van der Waals surface area (Å²) >= 11 is 7.92. The second kappa shape index (κ2) is 7.41. The van der Waals surface area contributed by atoms with Crippen LogP contribution < -0.4 is 14.8 Å². The van der Waals surface area contributed by atoms with Crippen molar-refractivity contribution in [3.05, 3.63) is 52.0 Å². The number of amides is 1. The average Bonchev–Trinajstić information content (AvgIpc) is 3.05. The maximum atomic E-state index is 12.5. The molecule has 26 heavy (non-hydrogen) atoms. The zero-order chi connectivity index (χ0) is 18.1. The van der Waals surface area contributed by atoms with Crippen molar-refractivity contribution in [1.29, 1.82) is 0 Å². The molecular weight excluding hydrogens is 370 g/mol. The Morgan fingerprint density at radius 2 is 2.12 bits per heavy atom. The van der Waals surface area contributed by atoms with Gasteiger partial charge >= 0.3 is 0 Å². The molecule has 2 aromatic carbocycles. The van der Waals surface area contributed by atoms with Gasteiger partial charge in [-0.25, -0.2) is 0 Å². The van der Waals surface area contributed by atoms with Gasteiger partial charge in [0.05, 0.1) is 10.3 Å². The van der Waals surface area contributed by atoms with Crippen LogP contribution in [0.1, 0.15) is 16.7 Å². The number of carbonyl (C=O) groups excluding carboxylic acids is 1. The van der Waals surface area contributed by atoms with Crippen molar-refractivity contribution in [2.24, 2.45) is 0 Å². The van der Waals surface area contributed by atoms with E-state index in [9.17, 15) is 4.79 Å². The van der Waals surface area contributed by atoms with Crippen LogP contribution in [-0.2, 0) is 17.6 Å². The molecule has 0 fully saturated rings. The molecule has 2 aliphatic rings. The van der Waals surface area contributed by atoms with E-state index in [1.165, 1.54) is 16.0 Å². The normalized spacial score (nSPS) is 17.7. The van der Waals surface area contributed by atoms with Gasteiger partial charge in [-0.1, -0.05) is 29.3 Å². The number of hydrogen-bond acceptors (Lipinski definition) is 4. The van der Waals surface area contributed by atoms with Crippen LogP contribution in [0.2, 0.25) is 5.02 Å². The number of nitrogens with one attached hydrogen (secondary N) is 1. The zero-order valence-electron chi connectivity index (χ0n) is 14.5. The molecule has 0 aliphatic carbocycles. The summed E-state index contributed by atoms with van der Waals surface area (Å²) in [6.45, 7) is 3.69. The number of hydrogen-bond donors (Lipinski definition) is 1. The Kier molecular flexibility index (Phi) is 5.00. The molecular formula is C20H20ClNO3S. The van der Waals surface area contributed by atoms with Crippen molar-refractivity contribution in [3.63, 3.8) is 0 Å². The second-order valence-corrected chi connectivity index (χ2v) is 8.22. The van der Waals surface area contributed by atoms with E-state index in [1.807, 2.05) is 12.1 Å². The Bertz CT molecular complexity index is 855. The molecule has 0 radical (unpaired) electrons. The van der Waals surface area contributed by atoms with Gasteiger partial charge < -0.3 is 14.8 Å². The quantitative estimate of drug-likeness (QED) is 0.864. The number of benzene rings is 2. The molecule has 0 aromatic heterocycles. The standard InChI is InChI=1S/C20H20ClNO3S/c1-12-2-3-14-11-18(26-17(14)8-12)20(23)22-5-4-13-9-15(21)19-16(10-13)24-6-7-25-19/h2-3,8-10,18H,4-7,11H2,1H3,(H,22,23). The molecule has 1 N–H and O–H groups in total. The summed E-state index contributed by atoms with van der Waals surface area (Å²) in [6.07, 6.45) is 1.49. The van der Waals surface area contributed by atoms with Crippen LogP contribution in [0.3, 0.4) is 0 Å². The van der Waals surface area contributed by atoms with Crippen LogP contribution in [0.5, 0.6) is 11.5 Å². The van der Waals surface area contributed by atoms with Crippen LogP contribution in [-0.4, -0.2) is 30.9 Å². The fourth-order valence-corrected chi connectivity index (χ4v) is 4.84. The lowest BCUT2D eigenvalue weighted by Crippen LogP contribution is -2.33. The number of aryl methyl sites for hydroxylation is 1. The smallest absolute Gasteiger partial charge is 0.233 e. The summed E-state index contributed by atoms with van der Waals surface area (Å²) in [5, 5.41) is 3.56. The summed E-state index contributed by atoms with van der Waals surface area (Å²) < 4.78 is 11.1. The highest BCUT2D eigenvalue weighted by Gasteiger charge is 2.28. The SMILES string of the molecule is Cc1ccc2c(c1)SC(C(=O)NCCc1cc(Cl)c3c(c1)OCCO3)C2. The van der Waals surface area contributed by atoms with Crippen LogP contribution in [0.4, 0.5) is 0 Å². The molecule has 1 unspecified atom stereocenters. The molecule has 2 aliphatic heterocycles. The van der Waals surface area contributed by atoms with Gasteiger partial charge in [0.15, 0.2) is 11.5 Å². The monoisotopic (exact) mass is 389 g/mol. The average molecular weight is 390 g/mol. The predicted octanol–water partition coefficient (Wildman–Crippen LogP) is 3.80. The van der Waals surface area contributed by atoms with Gasteiger partial charge in [-0.15, -0.1) is 11.8 Å². The molecule has 2 aromatic rings. The number of carbonyl (C=O) groups is 1. The number of thioether (sulfide) groups is 1. The number of fused-ring (bicyclic) bond motifs is 2. The third-order valence-electron chi connectivity index (χ3n) is 4.56. The van der Waals surface area contributed by atoms with Crippen LogP contribution >= 0.6 is 23.4 Å². The highest BCUT2D eigenvalue weighted by Crippen LogP contribution is 2.39. The van der Waals surface area contributed by atoms with Gasteiger partial charge in [-0.05, 0) is 49.1 Å². The number of rotatable bonds is 4. The van der Waals surface area contributed by atoms with E-state index in [1.54, 1.807) is 11.8 Å². The van der Waals surface area contributed by atoms with E-state index >= 15 is 0 Å². The molecule has 4 nitrogen and oxygen atoms in total. The van der Waals surface area contributed by atoms with Gasteiger partial charge in [-0.3, -0.25) is 4.79 Å². The lowest BCUT2D eigenvalue weighted by atomic mass is 10.1. The van der Waals surface area contributed by atoms with E-state index < -0.39 is 0 Å². The molecule has 0 bridgehead atoms. The highest BCUT2D eigenvalue weighted by molar-refractivity contribution is 8.01. The molecule has 0 spiro atoms. The number of ether oxygens (including phenoxy) is 2. The van der Waals surface area contributed by atoms with Crippen molar-refractivity contribution >= 4 is 29.3 Å². The first-order valence-electron chi connectivity index (χ1n) is 8.72. The molecule has 0 saturated carbocycles. The topological polar surface area (TPSA) is 47.6 Å². The Labute approximate surface area is 162 Å². The van der Waals surface area contributed by atoms with Crippen molar-refractivity contribution in [1.82, 2.24) is 5.32 Å². The van der Waals surface area contributed by atoms with Gasteiger partial charge in [0, 0.05) is 11.4 Å².